The van der Waals surface area contributed by atoms with Gasteiger partial charge in [0.1, 0.15) is 11.9 Å². The van der Waals surface area contributed by atoms with Crippen LogP contribution in [0.3, 0.4) is 0 Å². The van der Waals surface area contributed by atoms with Gasteiger partial charge in [0.05, 0.1) is 0 Å². The molecule has 3 rings (SSSR count). The van der Waals surface area contributed by atoms with Crippen LogP contribution >= 0.6 is 22.6 Å². The quantitative estimate of drug-likeness (QED) is 0.643. The van der Waals surface area contributed by atoms with Crippen molar-refractivity contribution in [3.8, 4) is 0 Å². The van der Waals surface area contributed by atoms with Crippen LogP contribution in [0.2, 0.25) is 0 Å². The van der Waals surface area contributed by atoms with Gasteiger partial charge in [-0.15, -0.1) is 0 Å². The van der Waals surface area contributed by atoms with Crippen molar-refractivity contribution in [2.75, 3.05) is 0 Å². The van der Waals surface area contributed by atoms with Crippen LogP contribution in [-0.4, -0.2) is 5.11 Å². The summed E-state index contributed by atoms with van der Waals surface area (Å²) in [5.41, 5.74) is 1.53. The molecule has 0 saturated carbocycles. The summed E-state index contributed by atoms with van der Waals surface area (Å²) in [5.74, 6) is -0.265. The summed E-state index contributed by atoms with van der Waals surface area (Å²) in [7, 11) is 0. The second-order valence-electron chi connectivity index (χ2n) is 4.64. The van der Waals surface area contributed by atoms with Gasteiger partial charge < -0.3 is 5.11 Å². The van der Waals surface area contributed by atoms with Crippen LogP contribution in [0.1, 0.15) is 17.2 Å². The summed E-state index contributed by atoms with van der Waals surface area (Å²) in [5, 5.41) is 11.8. The highest BCUT2D eigenvalue weighted by atomic mass is 127. The van der Waals surface area contributed by atoms with Crippen molar-refractivity contribution in [3.05, 3.63) is 81.2 Å². The predicted octanol–water partition coefficient (Wildman–Crippen LogP) is 4.67. The lowest BCUT2D eigenvalue weighted by atomic mass is 9.96. The standard InChI is InChI=1S/C17H12FIO/c18-16-10-9-15(13-3-1-2-4-14(13)16)17(20)11-5-7-12(19)8-6-11/h1-10,17,20H. The number of halogens is 2. The maximum atomic E-state index is 13.8. The van der Waals surface area contributed by atoms with E-state index in [1.54, 1.807) is 18.2 Å². The van der Waals surface area contributed by atoms with E-state index in [1.807, 2.05) is 36.4 Å². The smallest absolute Gasteiger partial charge is 0.131 e. The highest BCUT2D eigenvalue weighted by molar-refractivity contribution is 14.1. The Morgan fingerprint density at radius 1 is 0.850 bits per heavy atom. The van der Waals surface area contributed by atoms with Gasteiger partial charge in [-0.05, 0) is 57.3 Å². The highest BCUT2D eigenvalue weighted by Crippen LogP contribution is 2.30. The minimum Gasteiger partial charge on any atom is -0.384 e. The summed E-state index contributed by atoms with van der Waals surface area (Å²) in [6, 6.07) is 18.0. The molecule has 1 unspecified atom stereocenters. The topological polar surface area (TPSA) is 20.2 Å². The average Bonchev–Trinajstić information content (AvgIpc) is 2.48. The lowest BCUT2D eigenvalue weighted by Crippen LogP contribution is -2.01. The van der Waals surface area contributed by atoms with E-state index >= 15 is 0 Å². The third kappa shape index (κ3) is 2.43. The van der Waals surface area contributed by atoms with E-state index < -0.39 is 6.10 Å². The highest BCUT2D eigenvalue weighted by Gasteiger charge is 2.14. The summed E-state index contributed by atoms with van der Waals surface area (Å²) < 4.78 is 14.9. The van der Waals surface area contributed by atoms with Crippen molar-refractivity contribution in [1.29, 1.82) is 0 Å². The number of aliphatic hydroxyl groups excluding tert-OH is 1. The van der Waals surface area contributed by atoms with Gasteiger partial charge in [-0.3, -0.25) is 0 Å². The van der Waals surface area contributed by atoms with E-state index in [2.05, 4.69) is 22.6 Å². The third-order valence-electron chi connectivity index (χ3n) is 3.38. The Kier molecular flexibility index (Phi) is 3.72. The fourth-order valence-corrected chi connectivity index (χ4v) is 2.71. The first-order chi connectivity index (χ1) is 9.66. The largest absolute Gasteiger partial charge is 0.384 e. The SMILES string of the molecule is OC(c1ccc(I)cc1)c1ccc(F)c2ccccc12. The van der Waals surface area contributed by atoms with Gasteiger partial charge in [0.25, 0.3) is 0 Å². The molecule has 0 spiro atoms. The monoisotopic (exact) mass is 378 g/mol. The van der Waals surface area contributed by atoms with Crippen LogP contribution in [0.5, 0.6) is 0 Å². The van der Waals surface area contributed by atoms with Crippen LogP contribution < -0.4 is 0 Å². The van der Waals surface area contributed by atoms with Crippen molar-refractivity contribution in [2.45, 2.75) is 6.10 Å². The lowest BCUT2D eigenvalue weighted by molar-refractivity contribution is 0.222. The number of benzene rings is 3. The van der Waals surface area contributed by atoms with Crippen molar-refractivity contribution < 1.29 is 9.50 Å². The number of aliphatic hydroxyl groups is 1. The van der Waals surface area contributed by atoms with Crippen molar-refractivity contribution in [3.63, 3.8) is 0 Å². The van der Waals surface area contributed by atoms with E-state index in [0.29, 0.717) is 5.39 Å². The van der Waals surface area contributed by atoms with E-state index in [0.717, 1.165) is 20.1 Å². The van der Waals surface area contributed by atoms with Gasteiger partial charge in [-0.2, -0.15) is 0 Å². The average molecular weight is 378 g/mol. The minimum atomic E-state index is -0.752. The molecule has 0 aliphatic heterocycles. The van der Waals surface area contributed by atoms with Crippen LogP contribution in [0.25, 0.3) is 10.8 Å². The molecule has 0 aliphatic rings. The summed E-state index contributed by atoms with van der Waals surface area (Å²) in [6.45, 7) is 0. The number of hydrogen-bond donors (Lipinski definition) is 1. The molecule has 1 atom stereocenters. The Morgan fingerprint density at radius 3 is 2.20 bits per heavy atom. The Hall–Kier alpha value is -1.46. The maximum Gasteiger partial charge on any atom is 0.131 e. The molecule has 100 valence electrons. The molecule has 3 aromatic carbocycles. The molecule has 1 nitrogen and oxygen atoms in total. The third-order valence-corrected chi connectivity index (χ3v) is 4.10. The summed E-state index contributed by atoms with van der Waals surface area (Å²) in [6.07, 6.45) is -0.752. The first kappa shape index (κ1) is 13.5. The number of rotatable bonds is 2. The van der Waals surface area contributed by atoms with Gasteiger partial charge in [0.15, 0.2) is 0 Å². The van der Waals surface area contributed by atoms with Crippen molar-refractivity contribution in [1.82, 2.24) is 0 Å². The zero-order valence-corrected chi connectivity index (χ0v) is 12.7. The van der Waals surface area contributed by atoms with Gasteiger partial charge in [0.2, 0.25) is 0 Å². The molecule has 0 radical (unpaired) electrons. The van der Waals surface area contributed by atoms with Gasteiger partial charge in [-0.1, -0.05) is 42.5 Å². The number of hydrogen-bond acceptors (Lipinski definition) is 1. The minimum absolute atomic E-state index is 0.265. The molecule has 3 heteroatoms. The van der Waals surface area contributed by atoms with E-state index in [9.17, 15) is 9.50 Å². The molecular weight excluding hydrogens is 366 g/mol. The lowest BCUT2D eigenvalue weighted by Gasteiger charge is -2.14. The molecule has 0 heterocycles. The van der Waals surface area contributed by atoms with Crippen LogP contribution in [0.15, 0.2) is 60.7 Å². The number of fused-ring (bicyclic) bond motifs is 1. The zero-order valence-electron chi connectivity index (χ0n) is 10.6. The fraction of sp³-hybridized carbons (Fsp3) is 0.0588. The van der Waals surface area contributed by atoms with E-state index in [1.165, 1.54) is 6.07 Å². The molecule has 0 amide bonds. The molecular formula is C17H12FIO. The molecule has 0 aromatic heterocycles. The van der Waals surface area contributed by atoms with Crippen LogP contribution in [0.4, 0.5) is 4.39 Å². The Bertz CT molecular complexity index is 753. The zero-order chi connectivity index (χ0) is 14.1. The van der Waals surface area contributed by atoms with Crippen molar-refractivity contribution in [2.24, 2.45) is 0 Å². The molecule has 3 aromatic rings. The fourth-order valence-electron chi connectivity index (χ4n) is 2.35. The molecule has 0 fully saturated rings. The first-order valence-corrected chi connectivity index (χ1v) is 7.35. The molecule has 0 aliphatic carbocycles. The predicted molar refractivity (Wildman–Crippen MR) is 87.1 cm³/mol. The Balaban J connectivity index is 2.14. The Labute approximate surface area is 130 Å². The molecule has 1 N–H and O–H groups in total. The second-order valence-corrected chi connectivity index (χ2v) is 5.88. The van der Waals surface area contributed by atoms with Crippen LogP contribution in [0, 0.1) is 9.39 Å². The second kappa shape index (κ2) is 5.50. The first-order valence-electron chi connectivity index (χ1n) is 6.27. The summed E-state index contributed by atoms with van der Waals surface area (Å²) in [4.78, 5) is 0. The van der Waals surface area contributed by atoms with E-state index in [-0.39, 0.29) is 5.82 Å². The van der Waals surface area contributed by atoms with Crippen molar-refractivity contribution >= 4 is 33.4 Å². The molecule has 0 saturated heterocycles. The normalized spacial score (nSPS) is 12.6. The van der Waals surface area contributed by atoms with E-state index in [4.69, 9.17) is 0 Å². The molecule has 0 bridgehead atoms. The molecule has 20 heavy (non-hydrogen) atoms. The van der Waals surface area contributed by atoms with Gasteiger partial charge in [0, 0.05) is 8.96 Å². The summed E-state index contributed by atoms with van der Waals surface area (Å²) >= 11 is 2.22. The van der Waals surface area contributed by atoms with Gasteiger partial charge in [-0.25, -0.2) is 4.39 Å². The maximum absolute atomic E-state index is 13.8. The van der Waals surface area contributed by atoms with Gasteiger partial charge >= 0.3 is 0 Å². The Morgan fingerprint density at radius 2 is 1.50 bits per heavy atom. The van der Waals surface area contributed by atoms with Crippen LogP contribution in [-0.2, 0) is 0 Å².